The molecule has 2 N–H and O–H groups in total. The van der Waals surface area contributed by atoms with E-state index in [4.69, 9.17) is 0 Å². The Balaban J connectivity index is 1.45. The van der Waals surface area contributed by atoms with Crippen molar-refractivity contribution in [3.63, 3.8) is 0 Å². The molecule has 2 atom stereocenters. The van der Waals surface area contributed by atoms with E-state index in [9.17, 15) is 4.79 Å². The lowest BCUT2D eigenvalue weighted by atomic mass is 10.1. The number of halogens is 1. The SMILES string of the molecule is O=C(NCc1cnccn1)N[C@@H]1C[C@H]1c1ccc(Br)cc1. The summed E-state index contributed by atoms with van der Waals surface area (Å²) in [5, 5.41) is 5.77. The number of hydrogen-bond donors (Lipinski definition) is 2. The number of rotatable bonds is 4. The largest absolute Gasteiger partial charge is 0.335 e. The van der Waals surface area contributed by atoms with Gasteiger partial charge in [-0.1, -0.05) is 28.1 Å². The molecule has 6 heteroatoms. The molecule has 2 aromatic rings. The van der Waals surface area contributed by atoms with Gasteiger partial charge in [0.25, 0.3) is 0 Å². The number of hydrogen-bond acceptors (Lipinski definition) is 3. The molecular weight excluding hydrogens is 332 g/mol. The summed E-state index contributed by atoms with van der Waals surface area (Å²) >= 11 is 3.42. The van der Waals surface area contributed by atoms with Crippen LogP contribution in [0.3, 0.4) is 0 Å². The van der Waals surface area contributed by atoms with Gasteiger partial charge in [-0.15, -0.1) is 0 Å². The van der Waals surface area contributed by atoms with Gasteiger partial charge in [-0.05, 0) is 24.1 Å². The molecule has 21 heavy (non-hydrogen) atoms. The van der Waals surface area contributed by atoms with Crippen LogP contribution < -0.4 is 10.6 Å². The molecule has 108 valence electrons. The molecule has 3 rings (SSSR count). The van der Waals surface area contributed by atoms with Gasteiger partial charge in [0.1, 0.15) is 0 Å². The van der Waals surface area contributed by atoms with E-state index in [0.717, 1.165) is 16.6 Å². The Bertz CT molecular complexity index is 617. The van der Waals surface area contributed by atoms with Crippen LogP contribution in [0.25, 0.3) is 0 Å². The normalized spacial score (nSPS) is 19.9. The van der Waals surface area contributed by atoms with Crippen molar-refractivity contribution in [3.05, 3.63) is 58.6 Å². The molecule has 1 heterocycles. The zero-order valence-corrected chi connectivity index (χ0v) is 12.9. The van der Waals surface area contributed by atoms with Crippen LogP contribution in [0.4, 0.5) is 4.79 Å². The molecule has 1 aromatic heterocycles. The minimum atomic E-state index is -0.162. The molecule has 0 unspecified atom stereocenters. The Hall–Kier alpha value is -1.95. The zero-order valence-electron chi connectivity index (χ0n) is 11.3. The van der Waals surface area contributed by atoms with Crippen LogP contribution in [0.2, 0.25) is 0 Å². The summed E-state index contributed by atoms with van der Waals surface area (Å²) in [6.45, 7) is 0.384. The van der Waals surface area contributed by atoms with Crippen molar-refractivity contribution >= 4 is 22.0 Å². The first kappa shape index (κ1) is 14.0. The van der Waals surface area contributed by atoms with Gasteiger partial charge in [0.05, 0.1) is 18.4 Å². The summed E-state index contributed by atoms with van der Waals surface area (Å²) in [5.74, 6) is 0.417. The molecule has 1 fully saturated rings. The highest BCUT2D eigenvalue weighted by Crippen LogP contribution is 2.40. The molecule has 2 amide bonds. The summed E-state index contributed by atoms with van der Waals surface area (Å²) < 4.78 is 1.07. The van der Waals surface area contributed by atoms with E-state index in [-0.39, 0.29) is 12.1 Å². The number of amides is 2. The first-order valence-corrected chi connectivity index (χ1v) is 7.56. The van der Waals surface area contributed by atoms with E-state index >= 15 is 0 Å². The Morgan fingerprint density at radius 2 is 2.10 bits per heavy atom. The highest BCUT2D eigenvalue weighted by Gasteiger charge is 2.39. The fraction of sp³-hybridized carbons (Fsp3) is 0.267. The number of nitrogens with zero attached hydrogens (tertiary/aromatic N) is 2. The van der Waals surface area contributed by atoms with Gasteiger partial charge in [-0.25, -0.2) is 4.79 Å². The highest BCUT2D eigenvalue weighted by atomic mass is 79.9. The van der Waals surface area contributed by atoms with Gasteiger partial charge >= 0.3 is 6.03 Å². The third-order valence-electron chi connectivity index (χ3n) is 3.45. The topological polar surface area (TPSA) is 66.9 Å². The number of urea groups is 1. The first-order valence-electron chi connectivity index (χ1n) is 6.77. The quantitative estimate of drug-likeness (QED) is 0.893. The van der Waals surface area contributed by atoms with Crippen molar-refractivity contribution in [2.24, 2.45) is 0 Å². The molecule has 5 nitrogen and oxygen atoms in total. The number of nitrogens with one attached hydrogen (secondary N) is 2. The Morgan fingerprint density at radius 3 is 2.81 bits per heavy atom. The number of carbonyl (C=O) groups excluding carboxylic acids is 1. The van der Waals surface area contributed by atoms with Gasteiger partial charge in [0.15, 0.2) is 0 Å². The van der Waals surface area contributed by atoms with E-state index in [1.54, 1.807) is 18.6 Å². The molecule has 0 aliphatic heterocycles. The average Bonchev–Trinajstić information content (AvgIpc) is 3.26. The summed E-state index contributed by atoms with van der Waals surface area (Å²) in [4.78, 5) is 19.9. The summed E-state index contributed by atoms with van der Waals surface area (Å²) in [6, 6.07) is 8.29. The fourth-order valence-electron chi connectivity index (χ4n) is 2.24. The molecule has 0 bridgehead atoms. The van der Waals surface area contributed by atoms with Gasteiger partial charge in [-0.2, -0.15) is 0 Å². The van der Waals surface area contributed by atoms with E-state index < -0.39 is 0 Å². The Morgan fingerprint density at radius 1 is 1.29 bits per heavy atom. The molecule has 1 aromatic carbocycles. The first-order chi connectivity index (χ1) is 10.2. The minimum absolute atomic E-state index is 0.162. The second-order valence-corrected chi connectivity index (χ2v) is 5.94. The van der Waals surface area contributed by atoms with Gasteiger partial charge in [0.2, 0.25) is 0 Å². The van der Waals surface area contributed by atoms with Crippen LogP contribution >= 0.6 is 15.9 Å². The lowest BCUT2D eigenvalue weighted by molar-refractivity contribution is 0.240. The van der Waals surface area contributed by atoms with Crippen molar-refractivity contribution in [1.29, 1.82) is 0 Å². The molecule has 1 aliphatic carbocycles. The number of aromatic nitrogens is 2. The molecular formula is C15H15BrN4O. The van der Waals surface area contributed by atoms with E-state index in [0.29, 0.717) is 12.5 Å². The second-order valence-electron chi connectivity index (χ2n) is 5.02. The third kappa shape index (κ3) is 3.78. The van der Waals surface area contributed by atoms with Crippen molar-refractivity contribution < 1.29 is 4.79 Å². The van der Waals surface area contributed by atoms with Crippen molar-refractivity contribution in [2.45, 2.75) is 24.9 Å². The van der Waals surface area contributed by atoms with Crippen molar-refractivity contribution in [1.82, 2.24) is 20.6 Å². The van der Waals surface area contributed by atoms with E-state index in [2.05, 4.69) is 48.7 Å². The van der Waals surface area contributed by atoms with Crippen LogP contribution in [0.1, 0.15) is 23.6 Å². The molecule has 0 radical (unpaired) electrons. The predicted octanol–water partition coefficient (Wildman–Crippen LogP) is 2.59. The lowest BCUT2D eigenvalue weighted by Crippen LogP contribution is -2.37. The minimum Gasteiger partial charge on any atom is -0.335 e. The summed E-state index contributed by atoms with van der Waals surface area (Å²) in [6.07, 6.45) is 5.85. The van der Waals surface area contributed by atoms with Gasteiger partial charge in [-0.3, -0.25) is 9.97 Å². The van der Waals surface area contributed by atoms with Crippen LogP contribution in [-0.2, 0) is 6.54 Å². The maximum atomic E-state index is 11.8. The summed E-state index contributed by atoms with van der Waals surface area (Å²) in [7, 11) is 0. The average molecular weight is 347 g/mol. The second kappa shape index (κ2) is 6.22. The summed E-state index contributed by atoms with van der Waals surface area (Å²) in [5.41, 5.74) is 2.00. The number of benzene rings is 1. The number of carbonyl (C=O) groups is 1. The maximum Gasteiger partial charge on any atom is 0.315 e. The smallest absolute Gasteiger partial charge is 0.315 e. The standard InChI is InChI=1S/C15H15BrN4O/c16-11-3-1-10(2-4-11)13-7-14(13)20-15(21)19-9-12-8-17-5-6-18-12/h1-6,8,13-14H,7,9H2,(H2,19,20,21)/t13-,14+/m0/s1. The Labute approximate surface area is 131 Å². The molecule has 0 saturated heterocycles. The molecule has 1 aliphatic rings. The van der Waals surface area contributed by atoms with E-state index in [1.807, 2.05) is 12.1 Å². The molecule has 1 saturated carbocycles. The van der Waals surface area contributed by atoms with Crippen LogP contribution in [-0.4, -0.2) is 22.0 Å². The zero-order chi connectivity index (χ0) is 14.7. The monoisotopic (exact) mass is 346 g/mol. The highest BCUT2D eigenvalue weighted by molar-refractivity contribution is 9.10. The van der Waals surface area contributed by atoms with Crippen LogP contribution in [0.15, 0.2) is 47.3 Å². The fourth-order valence-corrected chi connectivity index (χ4v) is 2.51. The van der Waals surface area contributed by atoms with Crippen molar-refractivity contribution in [2.75, 3.05) is 0 Å². The van der Waals surface area contributed by atoms with Crippen LogP contribution in [0, 0.1) is 0 Å². The third-order valence-corrected chi connectivity index (χ3v) is 3.98. The van der Waals surface area contributed by atoms with E-state index in [1.165, 1.54) is 5.56 Å². The van der Waals surface area contributed by atoms with Crippen LogP contribution in [0.5, 0.6) is 0 Å². The predicted molar refractivity (Wildman–Crippen MR) is 82.7 cm³/mol. The molecule has 0 spiro atoms. The maximum absolute atomic E-state index is 11.8. The van der Waals surface area contributed by atoms with Crippen molar-refractivity contribution in [3.8, 4) is 0 Å². The Kier molecular flexibility index (Phi) is 4.15. The lowest BCUT2D eigenvalue weighted by Gasteiger charge is -2.07. The van der Waals surface area contributed by atoms with Gasteiger partial charge < -0.3 is 10.6 Å². The van der Waals surface area contributed by atoms with Gasteiger partial charge in [0, 0.05) is 28.8 Å².